The second-order valence-corrected chi connectivity index (χ2v) is 5.87. The summed E-state index contributed by atoms with van der Waals surface area (Å²) in [5, 5.41) is 5.62. The second kappa shape index (κ2) is 5.76. The lowest BCUT2D eigenvalue weighted by Gasteiger charge is -2.15. The molecule has 0 amide bonds. The zero-order valence-corrected chi connectivity index (χ0v) is 12.6. The summed E-state index contributed by atoms with van der Waals surface area (Å²) >= 11 is 1.66. The quantitative estimate of drug-likeness (QED) is 0.758. The Morgan fingerprint density at radius 2 is 2.30 bits per heavy atom. The van der Waals surface area contributed by atoms with E-state index in [1.165, 1.54) is 0 Å². The van der Waals surface area contributed by atoms with Crippen LogP contribution in [0.2, 0.25) is 0 Å². The largest absolute Gasteiger partial charge is 0.340 e. The summed E-state index contributed by atoms with van der Waals surface area (Å²) in [5.74, 6) is 0. The van der Waals surface area contributed by atoms with E-state index in [9.17, 15) is 0 Å². The van der Waals surface area contributed by atoms with Crippen LogP contribution >= 0.6 is 11.3 Å². The van der Waals surface area contributed by atoms with Crippen LogP contribution in [0.1, 0.15) is 30.8 Å². The first-order valence-electron chi connectivity index (χ1n) is 6.88. The number of aryl methyl sites for hydroxylation is 1. The summed E-state index contributed by atoms with van der Waals surface area (Å²) in [6, 6.07) is 0.223. The van der Waals surface area contributed by atoms with E-state index in [0.29, 0.717) is 0 Å². The number of nitrogens with zero attached hydrogens (tertiary/aromatic N) is 4. The van der Waals surface area contributed by atoms with Gasteiger partial charge >= 0.3 is 0 Å². The molecule has 0 aliphatic heterocycles. The summed E-state index contributed by atoms with van der Waals surface area (Å²) in [5.41, 5.74) is 2.19. The van der Waals surface area contributed by atoms with Crippen molar-refractivity contribution in [2.45, 2.75) is 25.8 Å². The summed E-state index contributed by atoms with van der Waals surface area (Å²) < 4.78 is 4.07. The zero-order valence-electron chi connectivity index (χ0n) is 11.8. The Kier molecular flexibility index (Phi) is 3.84. The first-order chi connectivity index (χ1) is 9.76. The van der Waals surface area contributed by atoms with Crippen LogP contribution in [-0.4, -0.2) is 25.5 Å². The van der Waals surface area contributed by atoms with Gasteiger partial charge in [0.2, 0.25) is 0 Å². The first kappa shape index (κ1) is 13.3. The van der Waals surface area contributed by atoms with Crippen molar-refractivity contribution in [3.8, 4) is 0 Å². The van der Waals surface area contributed by atoms with Crippen LogP contribution in [0, 0.1) is 0 Å². The number of hydrogen-bond acceptors (Lipinski definition) is 4. The van der Waals surface area contributed by atoms with Crippen molar-refractivity contribution in [2.75, 3.05) is 6.54 Å². The van der Waals surface area contributed by atoms with E-state index in [4.69, 9.17) is 0 Å². The smallest absolute Gasteiger partial charge is 0.193 e. The third-order valence-electron chi connectivity index (χ3n) is 3.28. The minimum absolute atomic E-state index is 0.223. The average Bonchev–Trinajstić information content (AvgIpc) is 3.09. The van der Waals surface area contributed by atoms with Crippen molar-refractivity contribution in [3.05, 3.63) is 41.7 Å². The molecule has 0 saturated carbocycles. The highest BCUT2D eigenvalue weighted by molar-refractivity contribution is 7.15. The van der Waals surface area contributed by atoms with Gasteiger partial charge in [-0.25, -0.2) is 9.97 Å². The Morgan fingerprint density at radius 3 is 3.00 bits per heavy atom. The highest BCUT2D eigenvalue weighted by atomic mass is 32.1. The van der Waals surface area contributed by atoms with E-state index in [1.807, 2.05) is 24.1 Å². The maximum atomic E-state index is 4.66. The van der Waals surface area contributed by atoms with Crippen molar-refractivity contribution in [2.24, 2.45) is 7.05 Å². The molecule has 0 aliphatic carbocycles. The number of aromatic nitrogens is 4. The van der Waals surface area contributed by atoms with Crippen LogP contribution in [0.5, 0.6) is 0 Å². The predicted molar refractivity (Wildman–Crippen MR) is 81.0 cm³/mol. The molecule has 20 heavy (non-hydrogen) atoms. The summed E-state index contributed by atoms with van der Waals surface area (Å²) in [4.78, 5) is 10.2. The zero-order chi connectivity index (χ0) is 13.9. The fourth-order valence-electron chi connectivity index (χ4n) is 2.30. The fraction of sp³-hybridized carbons (Fsp3) is 0.429. The van der Waals surface area contributed by atoms with Gasteiger partial charge in [-0.1, -0.05) is 6.92 Å². The van der Waals surface area contributed by atoms with E-state index in [1.54, 1.807) is 11.3 Å². The molecule has 5 nitrogen and oxygen atoms in total. The maximum Gasteiger partial charge on any atom is 0.193 e. The van der Waals surface area contributed by atoms with E-state index >= 15 is 0 Å². The van der Waals surface area contributed by atoms with Gasteiger partial charge in [0.05, 0.1) is 23.8 Å². The molecule has 3 aromatic heterocycles. The molecule has 0 aromatic carbocycles. The summed E-state index contributed by atoms with van der Waals surface area (Å²) in [7, 11) is 2.00. The molecule has 3 heterocycles. The molecule has 3 aromatic rings. The van der Waals surface area contributed by atoms with Gasteiger partial charge in [0.25, 0.3) is 0 Å². The fourth-order valence-corrected chi connectivity index (χ4v) is 3.02. The van der Waals surface area contributed by atoms with Crippen LogP contribution < -0.4 is 5.32 Å². The van der Waals surface area contributed by atoms with Crippen molar-refractivity contribution in [1.29, 1.82) is 0 Å². The van der Waals surface area contributed by atoms with Crippen LogP contribution in [0.3, 0.4) is 0 Å². The maximum absolute atomic E-state index is 4.66. The van der Waals surface area contributed by atoms with Crippen LogP contribution in [-0.2, 0) is 13.5 Å². The van der Waals surface area contributed by atoms with Gasteiger partial charge in [0, 0.05) is 37.4 Å². The van der Waals surface area contributed by atoms with Gasteiger partial charge in [-0.2, -0.15) is 0 Å². The summed E-state index contributed by atoms with van der Waals surface area (Å²) in [6.45, 7) is 3.17. The first-order valence-corrected chi connectivity index (χ1v) is 7.76. The molecule has 0 bridgehead atoms. The third kappa shape index (κ3) is 2.76. The Hall–Kier alpha value is -1.66. The third-order valence-corrected chi connectivity index (χ3v) is 4.05. The van der Waals surface area contributed by atoms with Crippen molar-refractivity contribution in [3.63, 3.8) is 0 Å². The SMILES string of the molecule is CCCNC(Cc1cn2ccsc2n1)c1cn(C)cn1. The molecule has 0 fully saturated rings. The van der Waals surface area contributed by atoms with E-state index in [-0.39, 0.29) is 6.04 Å². The van der Waals surface area contributed by atoms with E-state index in [2.05, 4.69) is 44.4 Å². The molecule has 1 atom stereocenters. The molecular formula is C14H19N5S. The van der Waals surface area contributed by atoms with Crippen molar-refractivity contribution in [1.82, 2.24) is 24.3 Å². The standard InChI is InChI=1S/C14H19N5S/c1-3-4-15-12(13-9-18(2)10-16-13)7-11-8-19-5-6-20-14(19)17-11/h5-6,8-10,12,15H,3-4,7H2,1-2H3. The molecule has 0 radical (unpaired) electrons. The van der Waals surface area contributed by atoms with Crippen LogP contribution in [0.25, 0.3) is 4.96 Å². The van der Waals surface area contributed by atoms with Crippen molar-refractivity contribution >= 4 is 16.3 Å². The number of imidazole rings is 2. The monoisotopic (exact) mass is 289 g/mol. The van der Waals surface area contributed by atoms with Gasteiger partial charge in [-0.3, -0.25) is 4.40 Å². The minimum Gasteiger partial charge on any atom is -0.340 e. The number of fused-ring (bicyclic) bond motifs is 1. The second-order valence-electron chi connectivity index (χ2n) is 5.00. The molecule has 0 aliphatic rings. The lowest BCUT2D eigenvalue weighted by Crippen LogP contribution is -2.24. The van der Waals surface area contributed by atoms with Gasteiger partial charge in [0.15, 0.2) is 4.96 Å². The van der Waals surface area contributed by atoms with Gasteiger partial charge < -0.3 is 9.88 Å². The lowest BCUT2D eigenvalue weighted by atomic mass is 10.1. The Bertz CT molecular complexity index is 652. The molecule has 1 N–H and O–H groups in total. The molecule has 106 valence electrons. The molecule has 6 heteroatoms. The Labute approximate surface area is 122 Å². The lowest BCUT2D eigenvalue weighted by molar-refractivity contribution is 0.515. The van der Waals surface area contributed by atoms with Crippen molar-refractivity contribution < 1.29 is 0 Å². The highest BCUT2D eigenvalue weighted by Crippen LogP contribution is 2.18. The molecule has 0 spiro atoms. The average molecular weight is 289 g/mol. The van der Waals surface area contributed by atoms with Crippen LogP contribution in [0.15, 0.2) is 30.3 Å². The van der Waals surface area contributed by atoms with Crippen LogP contribution in [0.4, 0.5) is 0 Å². The number of nitrogens with one attached hydrogen (secondary N) is 1. The summed E-state index contributed by atoms with van der Waals surface area (Å²) in [6.07, 6.45) is 10.1. The van der Waals surface area contributed by atoms with E-state index < -0.39 is 0 Å². The number of hydrogen-bond donors (Lipinski definition) is 1. The molecule has 1 unspecified atom stereocenters. The topological polar surface area (TPSA) is 47.1 Å². The molecule has 0 saturated heterocycles. The highest BCUT2D eigenvalue weighted by Gasteiger charge is 2.16. The minimum atomic E-state index is 0.223. The molecular weight excluding hydrogens is 270 g/mol. The number of thiazole rings is 1. The molecule has 3 rings (SSSR count). The normalized spacial score (nSPS) is 13.1. The predicted octanol–water partition coefficient (Wildman–Crippen LogP) is 2.41. The Morgan fingerprint density at radius 1 is 1.40 bits per heavy atom. The van der Waals surface area contributed by atoms with Gasteiger partial charge in [0.1, 0.15) is 0 Å². The number of rotatable bonds is 6. The van der Waals surface area contributed by atoms with Gasteiger partial charge in [-0.15, -0.1) is 11.3 Å². The van der Waals surface area contributed by atoms with E-state index in [0.717, 1.165) is 35.7 Å². The Balaban J connectivity index is 1.80. The van der Waals surface area contributed by atoms with Gasteiger partial charge in [-0.05, 0) is 13.0 Å².